The van der Waals surface area contributed by atoms with Gasteiger partial charge in [-0.1, -0.05) is 48.1 Å². The molecule has 0 spiro atoms. The first-order valence-electron chi connectivity index (χ1n) is 14.8. The zero-order valence-corrected chi connectivity index (χ0v) is 28.9. The number of aromatic nitrogens is 2. The fraction of sp³-hybridized carbons (Fsp3) is 0.471. The van der Waals surface area contributed by atoms with Crippen molar-refractivity contribution >= 4 is 46.5 Å². The summed E-state index contributed by atoms with van der Waals surface area (Å²) in [5, 5.41) is 5.56. The average molecular weight is 641 g/mol. The van der Waals surface area contributed by atoms with E-state index in [0.29, 0.717) is 58.9 Å². The third kappa shape index (κ3) is 12.7. The molecule has 0 aromatic carbocycles. The van der Waals surface area contributed by atoms with E-state index >= 15 is 0 Å². The van der Waals surface area contributed by atoms with Crippen LogP contribution in [0, 0.1) is 10.8 Å². The second kappa shape index (κ2) is 17.7. The third-order valence-corrected chi connectivity index (χ3v) is 6.07. The monoisotopic (exact) mass is 640 g/mol. The topological polar surface area (TPSA) is 155 Å². The van der Waals surface area contributed by atoms with Crippen LogP contribution < -0.4 is 20.1 Å². The third-order valence-electron chi connectivity index (χ3n) is 6.07. The van der Waals surface area contributed by atoms with Crippen molar-refractivity contribution in [2.75, 3.05) is 38.1 Å². The predicted octanol–water partition coefficient (Wildman–Crippen LogP) is 6.08. The molecule has 0 fully saturated rings. The first-order valence-corrected chi connectivity index (χ1v) is 14.8. The summed E-state index contributed by atoms with van der Waals surface area (Å²) in [5.74, 6) is 0.229. The molecule has 252 valence electrons. The van der Waals surface area contributed by atoms with E-state index < -0.39 is 16.8 Å². The molecule has 2 amide bonds. The number of carbonyl (C=O) groups excluding carboxylic acids is 4. The van der Waals surface area contributed by atoms with Gasteiger partial charge in [0.15, 0.2) is 0 Å². The molecule has 2 aromatic rings. The van der Waals surface area contributed by atoms with Gasteiger partial charge in [-0.25, -0.2) is 4.79 Å². The minimum absolute atomic E-state index is 0.0280. The van der Waals surface area contributed by atoms with Crippen LogP contribution >= 0.6 is 0 Å². The van der Waals surface area contributed by atoms with Gasteiger partial charge in [0, 0.05) is 40.2 Å². The van der Waals surface area contributed by atoms with Gasteiger partial charge in [-0.15, -0.1) is 0 Å². The predicted molar refractivity (Wildman–Crippen MR) is 178 cm³/mol. The van der Waals surface area contributed by atoms with Gasteiger partial charge in [0.05, 0.1) is 33.9 Å². The number of pyridine rings is 2. The highest BCUT2D eigenvalue weighted by Crippen LogP contribution is 2.29. The summed E-state index contributed by atoms with van der Waals surface area (Å²) < 4.78 is 20.0. The van der Waals surface area contributed by atoms with Gasteiger partial charge in [0.2, 0.25) is 23.6 Å². The molecule has 46 heavy (non-hydrogen) atoms. The number of carbonyl (C=O) groups is 4. The second-order valence-electron chi connectivity index (χ2n) is 12.1. The molecule has 12 nitrogen and oxygen atoms in total. The Morgan fingerprint density at radius 1 is 0.761 bits per heavy atom. The second-order valence-corrected chi connectivity index (χ2v) is 12.1. The minimum Gasteiger partial charge on any atom is -0.481 e. The Morgan fingerprint density at radius 3 is 1.61 bits per heavy atom. The Bertz CT molecular complexity index is 1440. The number of amides is 2. The summed E-state index contributed by atoms with van der Waals surface area (Å²) in [6.07, 6.45) is 1.40. The highest BCUT2D eigenvalue weighted by Gasteiger charge is 2.25. The molecule has 0 atom stereocenters. The van der Waals surface area contributed by atoms with Gasteiger partial charge in [-0.2, -0.15) is 9.97 Å². The minimum atomic E-state index is -0.579. The van der Waals surface area contributed by atoms with Crippen molar-refractivity contribution in [3.05, 3.63) is 48.0 Å². The molecule has 0 aliphatic rings. The smallest absolute Gasteiger partial charge is 0.331 e. The standard InChI is InChI=1S/2C17H24N2O4/c2*1-7-23-14(20)10-11(2)12-8-9-13(22-6)18-15(12)19-16(21)17(3,4)5/h8-10H,7H2,1-6H3,(H,18,19,21);8-9H,2,7,10H2,1,3-6H3,(H,18,19,21)/b11-10+;. The Morgan fingerprint density at radius 2 is 1.20 bits per heavy atom. The van der Waals surface area contributed by atoms with Crippen molar-refractivity contribution in [3.8, 4) is 11.8 Å². The Labute approximate surface area is 272 Å². The number of esters is 2. The molecule has 2 N–H and O–H groups in total. The molecule has 0 radical (unpaired) electrons. The van der Waals surface area contributed by atoms with Crippen LogP contribution in [0.5, 0.6) is 11.8 Å². The molecular formula is C34H48N4O8. The summed E-state index contributed by atoms with van der Waals surface area (Å²) in [6, 6.07) is 6.78. The van der Waals surface area contributed by atoms with E-state index in [1.54, 1.807) is 65.8 Å². The van der Waals surface area contributed by atoms with Gasteiger partial charge < -0.3 is 29.6 Å². The molecule has 0 bridgehead atoms. The first-order chi connectivity index (χ1) is 21.4. The fourth-order valence-corrected chi connectivity index (χ4v) is 3.41. The molecule has 0 unspecified atom stereocenters. The number of hydrogen-bond donors (Lipinski definition) is 2. The van der Waals surface area contributed by atoms with Crippen LogP contribution in [-0.4, -0.2) is 61.2 Å². The lowest BCUT2D eigenvalue weighted by Crippen LogP contribution is -2.28. The SMILES string of the molecule is C=C(CC(=O)OCC)c1ccc(OC)nc1NC(=O)C(C)(C)C.CCOC(=O)/C=C(\C)c1ccc(OC)nc1NC(=O)C(C)(C)C. The van der Waals surface area contributed by atoms with Gasteiger partial charge in [-0.3, -0.25) is 14.4 Å². The van der Waals surface area contributed by atoms with Crippen molar-refractivity contribution in [3.63, 3.8) is 0 Å². The van der Waals surface area contributed by atoms with E-state index in [0.717, 1.165) is 0 Å². The molecule has 0 saturated heterocycles. The van der Waals surface area contributed by atoms with Gasteiger partial charge >= 0.3 is 11.9 Å². The number of methoxy groups -OCH3 is 2. The van der Waals surface area contributed by atoms with Crippen molar-refractivity contribution in [1.29, 1.82) is 0 Å². The van der Waals surface area contributed by atoms with Crippen LogP contribution in [0.3, 0.4) is 0 Å². The van der Waals surface area contributed by atoms with E-state index in [2.05, 4.69) is 27.2 Å². The van der Waals surface area contributed by atoms with Crippen LogP contribution in [-0.2, 0) is 28.7 Å². The van der Waals surface area contributed by atoms with Crippen molar-refractivity contribution in [2.24, 2.45) is 10.8 Å². The van der Waals surface area contributed by atoms with Gasteiger partial charge in [0.1, 0.15) is 11.6 Å². The largest absolute Gasteiger partial charge is 0.481 e. The van der Waals surface area contributed by atoms with Crippen LogP contribution in [0.1, 0.15) is 79.9 Å². The molecule has 2 rings (SSSR count). The molecule has 2 aromatic heterocycles. The molecule has 2 heterocycles. The molecule has 0 aliphatic heterocycles. The van der Waals surface area contributed by atoms with Crippen molar-refractivity contribution in [2.45, 2.75) is 68.7 Å². The highest BCUT2D eigenvalue weighted by atomic mass is 16.5. The van der Waals surface area contributed by atoms with Crippen LogP contribution in [0.2, 0.25) is 0 Å². The molecular weight excluding hydrogens is 592 g/mol. The number of nitrogens with zero attached hydrogens (tertiary/aromatic N) is 2. The zero-order valence-electron chi connectivity index (χ0n) is 28.9. The Balaban J connectivity index is 0.000000460. The first kappa shape index (κ1) is 39.3. The number of anilines is 2. The molecule has 0 saturated carbocycles. The summed E-state index contributed by atoms with van der Waals surface area (Å²) in [4.78, 5) is 56.2. The maximum absolute atomic E-state index is 12.2. The molecule has 12 heteroatoms. The lowest BCUT2D eigenvalue weighted by atomic mass is 9.95. The van der Waals surface area contributed by atoms with E-state index in [4.69, 9.17) is 18.9 Å². The van der Waals surface area contributed by atoms with E-state index in [9.17, 15) is 19.2 Å². The van der Waals surface area contributed by atoms with Crippen molar-refractivity contribution in [1.82, 2.24) is 9.97 Å². The van der Waals surface area contributed by atoms with Crippen LogP contribution in [0.15, 0.2) is 36.9 Å². The average Bonchev–Trinajstić information content (AvgIpc) is 2.96. The zero-order chi connectivity index (χ0) is 35.2. The molecule has 0 aliphatic carbocycles. The van der Waals surface area contributed by atoms with Gasteiger partial charge in [-0.05, 0) is 44.1 Å². The lowest BCUT2D eigenvalue weighted by Gasteiger charge is -2.19. The van der Waals surface area contributed by atoms with E-state index in [1.165, 1.54) is 20.3 Å². The Hall–Kier alpha value is -4.74. The summed E-state index contributed by atoms with van der Waals surface area (Å²) in [6.45, 7) is 20.6. The van der Waals surface area contributed by atoms with E-state index in [-0.39, 0.29) is 24.2 Å². The number of allylic oxidation sites excluding steroid dienone is 1. The normalized spacial score (nSPS) is 11.3. The summed E-state index contributed by atoms with van der Waals surface area (Å²) in [5.41, 5.74) is 1.23. The highest BCUT2D eigenvalue weighted by molar-refractivity contribution is 5.99. The Kier molecular flexibility index (Phi) is 15.1. The van der Waals surface area contributed by atoms with Crippen LogP contribution in [0.4, 0.5) is 11.6 Å². The van der Waals surface area contributed by atoms with Crippen molar-refractivity contribution < 1.29 is 38.1 Å². The summed E-state index contributed by atoms with van der Waals surface area (Å²) in [7, 11) is 2.99. The quantitative estimate of drug-likeness (QED) is 0.218. The summed E-state index contributed by atoms with van der Waals surface area (Å²) >= 11 is 0. The maximum Gasteiger partial charge on any atom is 0.331 e. The van der Waals surface area contributed by atoms with E-state index in [1.807, 2.05) is 20.8 Å². The lowest BCUT2D eigenvalue weighted by molar-refractivity contribution is -0.142. The number of rotatable bonds is 11. The van der Waals surface area contributed by atoms with Gasteiger partial charge in [0.25, 0.3) is 0 Å². The van der Waals surface area contributed by atoms with Crippen LogP contribution in [0.25, 0.3) is 11.1 Å². The number of ether oxygens (including phenoxy) is 4. The number of hydrogen-bond acceptors (Lipinski definition) is 10. The maximum atomic E-state index is 12.2. The fourth-order valence-electron chi connectivity index (χ4n) is 3.41. The number of nitrogens with one attached hydrogen (secondary N) is 2.